The number of nitrogens with zero attached hydrogens (tertiary/aromatic N) is 5. The lowest BCUT2D eigenvalue weighted by molar-refractivity contribution is 0.640. The van der Waals surface area contributed by atoms with Crippen LogP contribution in [0.4, 0.5) is 0 Å². The summed E-state index contributed by atoms with van der Waals surface area (Å²) in [6.45, 7) is 2.54. The summed E-state index contributed by atoms with van der Waals surface area (Å²) in [6, 6.07) is 18.9. The van der Waals surface area contributed by atoms with Crippen molar-refractivity contribution in [1.82, 2.24) is 30.0 Å². The Balaban J connectivity index is 1.22. The second kappa shape index (κ2) is 9.05. The molecule has 7 nitrogen and oxygen atoms in total. The molecule has 0 amide bonds. The number of hydrogen-bond donors (Lipinski definition) is 2. The Hall–Kier alpha value is -3.61. The number of rotatable bonds is 7. The molecule has 0 aliphatic carbocycles. The van der Waals surface area contributed by atoms with Crippen molar-refractivity contribution in [2.45, 2.75) is 19.5 Å². The topological polar surface area (TPSA) is 72.1 Å². The van der Waals surface area contributed by atoms with E-state index in [2.05, 4.69) is 78.9 Å². The van der Waals surface area contributed by atoms with Crippen LogP contribution in [-0.2, 0) is 13.1 Å². The maximum Gasteiger partial charge on any atom is 0.191 e. The minimum Gasteiger partial charge on any atom is -0.356 e. The molecule has 0 radical (unpaired) electrons. The van der Waals surface area contributed by atoms with Crippen LogP contribution < -0.4 is 10.6 Å². The normalized spacial score (nSPS) is 11.7. The van der Waals surface area contributed by atoms with Crippen LogP contribution in [0.1, 0.15) is 12.0 Å². The molecule has 0 fully saturated rings. The highest BCUT2D eigenvalue weighted by atomic mass is 15.3. The summed E-state index contributed by atoms with van der Waals surface area (Å²) in [4.78, 5) is 8.28. The van der Waals surface area contributed by atoms with Gasteiger partial charge < -0.3 is 15.2 Å². The minimum atomic E-state index is 0.708. The van der Waals surface area contributed by atoms with Gasteiger partial charge in [0.25, 0.3) is 0 Å². The average molecular weight is 387 g/mol. The number of guanidine groups is 1. The van der Waals surface area contributed by atoms with E-state index in [0.29, 0.717) is 6.54 Å². The number of fused-ring (bicyclic) bond motifs is 1. The van der Waals surface area contributed by atoms with Crippen LogP contribution in [0.25, 0.3) is 16.6 Å². The number of hydrogen-bond acceptors (Lipinski definition) is 3. The molecule has 0 atom stereocenters. The first-order valence-corrected chi connectivity index (χ1v) is 9.76. The molecule has 0 aliphatic heterocycles. The molecule has 2 N–H and O–H groups in total. The van der Waals surface area contributed by atoms with Crippen molar-refractivity contribution in [3.63, 3.8) is 0 Å². The van der Waals surface area contributed by atoms with Crippen molar-refractivity contribution in [3.8, 4) is 5.69 Å². The molecule has 0 saturated carbocycles. The van der Waals surface area contributed by atoms with Crippen LogP contribution in [0.2, 0.25) is 0 Å². The van der Waals surface area contributed by atoms with Crippen molar-refractivity contribution >= 4 is 16.9 Å². The van der Waals surface area contributed by atoms with Gasteiger partial charge in [-0.05, 0) is 41.6 Å². The Morgan fingerprint density at radius 1 is 1.03 bits per heavy atom. The van der Waals surface area contributed by atoms with Crippen LogP contribution in [-0.4, -0.2) is 38.9 Å². The second-order valence-corrected chi connectivity index (χ2v) is 6.78. The molecule has 148 valence electrons. The predicted octanol–water partition coefficient (Wildman–Crippen LogP) is 2.98. The fourth-order valence-corrected chi connectivity index (χ4v) is 3.31. The lowest BCUT2D eigenvalue weighted by Gasteiger charge is -2.13. The second-order valence-electron chi connectivity index (χ2n) is 6.78. The molecule has 2 heterocycles. The van der Waals surface area contributed by atoms with Crippen LogP contribution in [0.5, 0.6) is 0 Å². The van der Waals surface area contributed by atoms with Gasteiger partial charge in [-0.3, -0.25) is 4.99 Å². The van der Waals surface area contributed by atoms with E-state index in [9.17, 15) is 0 Å². The Labute approximate surface area is 170 Å². The number of aromatic nitrogens is 4. The molecule has 29 heavy (non-hydrogen) atoms. The van der Waals surface area contributed by atoms with Crippen LogP contribution in [0, 0.1) is 0 Å². The van der Waals surface area contributed by atoms with E-state index in [1.165, 1.54) is 22.8 Å². The molecule has 0 unspecified atom stereocenters. The van der Waals surface area contributed by atoms with Gasteiger partial charge in [0, 0.05) is 38.4 Å². The molecule has 4 aromatic rings. The van der Waals surface area contributed by atoms with E-state index >= 15 is 0 Å². The lowest BCUT2D eigenvalue weighted by Crippen LogP contribution is -2.37. The highest BCUT2D eigenvalue weighted by Gasteiger charge is 2.02. The van der Waals surface area contributed by atoms with Gasteiger partial charge in [0.1, 0.15) is 12.7 Å². The lowest BCUT2D eigenvalue weighted by atomic mass is 10.2. The zero-order chi connectivity index (χ0) is 19.9. The molecule has 0 saturated heterocycles. The molecule has 2 aromatic carbocycles. The largest absolute Gasteiger partial charge is 0.356 e. The van der Waals surface area contributed by atoms with Gasteiger partial charge in [0.15, 0.2) is 5.96 Å². The van der Waals surface area contributed by atoms with Gasteiger partial charge in [-0.2, -0.15) is 5.10 Å². The minimum absolute atomic E-state index is 0.708. The Kier molecular flexibility index (Phi) is 5.85. The van der Waals surface area contributed by atoms with E-state index in [0.717, 1.165) is 31.2 Å². The summed E-state index contributed by atoms with van der Waals surface area (Å²) in [5.41, 5.74) is 3.45. The zero-order valence-corrected chi connectivity index (χ0v) is 16.5. The van der Waals surface area contributed by atoms with Gasteiger partial charge in [-0.1, -0.05) is 30.3 Å². The summed E-state index contributed by atoms with van der Waals surface area (Å²) in [7, 11) is 1.79. The van der Waals surface area contributed by atoms with E-state index in [1.54, 1.807) is 18.1 Å². The quantitative estimate of drug-likeness (QED) is 0.291. The van der Waals surface area contributed by atoms with E-state index in [1.807, 2.05) is 12.1 Å². The van der Waals surface area contributed by atoms with Gasteiger partial charge in [0.05, 0.1) is 5.69 Å². The fraction of sp³-hybridized carbons (Fsp3) is 0.227. The zero-order valence-electron chi connectivity index (χ0n) is 16.5. The van der Waals surface area contributed by atoms with Gasteiger partial charge in [0.2, 0.25) is 0 Å². The first kappa shape index (κ1) is 18.7. The third kappa shape index (κ3) is 4.63. The number of nitrogens with one attached hydrogen (secondary N) is 2. The van der Waals surface area contributed by atoms with Crippen molar-refractivity contribution in [3.05, 3.63) is 79.0 Å². The predicted molar refractivity (Wildman–Crippen MR) is 116 cm³/mol. The van der Waals surface area contributed by atoms with Crippen molar-refractivity contribution in [1.29, 1.82) is 0 Å². The van der Waals surface area contributed by atoms with Gasteiger partial charge in [-0.15, -0.1) is 0 Å². The number of aliphatic imine (C=N–C) groups is 1. The maximum atomic E-state index is 4.31. The van der Waals surface area contributed by atoms with Crippen LogP contribution in [0.15, 0.2) is 78.4 Å². The van der Waals surface area contributed by atoms with Gasteiger partial charge >= 0.3 is 0 Å². The third-order valence-corrected chi connectivity index (χ3v) is 4.85. The standard InChI is InChI=1S/C22H25N7/c1-23-22(25-12-4-13-28-14-11-19-5-2-3-6-21(19)28)26-15-18-7-9-20(10-8-18)29-17-24-16-27-29/h2-3,5-11,14,16-17H,4,12-13,15H2,1H3,(H2,23,25,26). The summed E-state index contributed by atoms with van der Waals surface area (Å²) in [5, 5.41) is 12.2. The molecule has 0 aliphatic rings. The maximum absolute atomic E-state index is 4.31. The third-order valence-electron chi connectivity index (χ3n) is 4.85. The van der Waals surface area contributed by atoms with E-state index in [4.69, 9.17) is 0 Å². The number of para-hydroxylation sites is 1. The summed E-state index contributed by atoms with van der Waals surface area (Å²) in [5.74, 6) is 0.808. The summed E-state index contributed by atoms with van der Waals surface area (Å²) < 4.78 is 4.04. The monoisotopic (exact) mass is 387 g/mol. The summed E-state index contributed by atoms with van der Waals surface area (Å²) >= 11 is 0. The summed E-state index contributed by atoms with van der Waals surface area (Å²) in [6.07, 6.45) is 6.39. The Bertz CT molecular complexity index is 1060. The molecule has 7 heteroatoms. The van der Waals surface area contributed by atoms with Crippen molar-refractivity contribution in [2.24, 2.45) is 4.99 Å². The molecular formula is C22H25N7. The Morgan fingerprint density at radius 3 is 2.69 bits per heavy atom. The van der Waals surface area contributed by atoms with Crippen LogP contribution >= 0.6 is 0 Å². The van der Waals surface area contributed by atoms with Gasteiger partial charge in [-0.25, -0.2) is 9.67 Å². The molecule has 2 aromatic heterocycles. The van der Waals surface area contributed by atoms with E-state index < -0.39 is 0 Å². The average Bonchev–Trinajstić information content (AvgIpc) is 3.44. The first-order valence-electron chi connectivity index (χ1n) is 9.76. The number of aryl methyl sites for hydroxylation is 1. The molecule has 0 bridgehead atoms. The highest BCUT2D eigenvalue weighted by molar-refractivity contribution is 5.80. The smallest absolute Gasteiger partial charge is 0.191 e. The molecular weight excluding hydrogens is 362 g/mol. The van der Waals surface area contributed by atoms with Crippen molar-refractivity contribution in [2.75, 3.05) is 13.6 Å². The SMILES string of the molecule is CN=C(NCCCn1ccc2ccccc21)NCc1ccc(-n2cncn2)cc1. The fourth-order valence-electron chi connectivity index (χ4n) is 3.31. The van der Waals surface area contributed by atoms with Crippen molar-refractivity contribution < 1.29 is 0 Å². The van der Waals surface area contributed by atoms with Crippen LogP contribution in [0.3, 0.4) is 0 Å². The van der Waals surface area contributed by atoms with E-state index in [-0.39, 0.29) is 0 Å². The first-order chi connectivity index (χ1) is 14.3. The highest BCUT2D eigenvalue weighted by Crippen LogP contribution is 2.15. The Morgan fingerprint density at radius 2 is 1.90 bits per heavy atom. The number of benzene rings is 2. The molecule has 4 rings (SSSR count). The molecule has 0 spiro atoms.